The van der Waals surface area contributed by atoms with Crippen molar-refractivity contribution in [2.24, 2.45) is 0 Å². The molecule has 1 atom stereocenters. The molecule has 0 saturated carbocycles. The number of benzene rings is 2. The molecule has 0 radical (unpaired) electrons. The van der Waals surface area contributed by atoms with Crippen LogP contribution in [0.15, 0.2) is 36.4 Å². The summed E-state index contributed by atoms with van der Waals surface area (Å²) in [5.41, 5.74) is 1.04. The van der Waals surface area contributed by atoms with Crippen LogP contribution in [0.2, 0.25) is 10.0 Å². The van der Waals surface area contributed by atoms with Crippen LogP contribution >= 0.6 is 39.1 Å². The zero-order valence-corrected chi connectivity index (χ0v) is 12.7. The molecule has 0 aliphatic rings. The van der Waals surface area contributed by atoms with Crippen LogP contribution in [0.3, 0.4) is 0 Å². The van der Waals surface area contributed by atoms with E-state index in [0.717, 1.165) is 11.6 Å². The third-order valence-electron chi connectivity index (χ3n) is 2.73. The largest absolute Gasteiger partial charge is 0.204 e. The fourth-order valence-corrected chi connectivity index (χ4v) is 3.05. The van der Waals surface area contributed by atoms with Gasteiger partial charge in [0.05, 0.1) is 0 Å². The van der Waals surface area contributed by atoms with E-state index in [-0.39, 0.29) is 16.8 Å². The Labute approximate surface area is 128 Å². The van der Waals surface area contributed by atoms with E-state index in [1.165, 1.54) is 6.07 Å². The van der Waals surface area contributed by atoms with Gasteiger partial charge in [-0.2, -0.15) is 0 Å². The van der Waals surface area contributed by atoms with Gasteiger partial charge in [-0.3, -0.25) is 0 Å². The van der Waals surface area contributed by atoms with Gasteiger partial charge in [-0.25, -0.2) is 8.78 Å². The number of hydrogen-bond donors (Lipinski definition) is 0. The van der Waals surface area contributed by atoms with Crippen molar-refractivity contribution in [2.45, 2.75) is 11.2 Å². The van der Waals surface area contributed by atoms with Gasteiger partial charge in [0.25, 0.3) is 0 Å². The number of halogens is 5. The molecule has 1 unspecified atom stereocenters. The Morgan fingerprint density at radius 2 is 1.84 bits per heavy atom. The zero-order valence-electron chi connectivity index (χ0n) is 9.64. The summed E-state index contributed by atoms with van der Waals surface area (Å²) in [6, 6.07) is 9.18. The van der Waals surface area contributed by atoms with E-state index < -0.39 is 11.6 Å². The van der Waals surface area contributed by atoms with Crippen LogP contribution in [0, 0.1) is 11.6 Å². The summed E-state index contributed by atoms with van der Waals surface area (Å²) < 4.78 is 26.7. The molecule has 5 heteroatoms. The van der Waals surface area contributed by atoms with Crippen LogP contribution in [0.5, 0.6) is 0 Å². The lowest BCUT2D eigenvalue weighted by molar-refractivity contribution is 0.498. The van der Waals surface area contributed by atoms with Crippen molar-refractivity contribution in [3.63, 3.8) is 0 Å². The number of rotatable bonds is 3. The minimum absolute atomic E-state index is 0.241. The minimum Gasteiger partial charge on any atom is -0.204 e. The van der Waals surface area contributed by atoms with Crippen LogP contribution in [-0.2, 0) is 6.42 Å². The maximum Gasteiger partial charge on any atom is 0.162 e. The lowest BCUT2D eigenvalue weighted by atomic mass is 10.0. The van der Waals surface area contributed by atoms with Gasteiger partial charge in [0.15, 0.2) is 11.6 Å². The first-order valence-corrected chi connectivity index (χ1v) is 7.18. The summed E-state index contributed by atoms with van der Waals surface area (Å²) in [6.45, 7) is 0. The van der Waals surface area contributed by atoms with Gasteiger partial charge in [0, 0.05) is 14.9 Å². The maximum atomic E-state index is 13.6. The molecule has 0 nitrogen and oxygen atoms in total. The van der Waals surface area contributed by atoms with Gasteiger partial charge in [-0.05, 0) is 41.8 Å². The Bertz CT molecular complexity index is 602. The highest BCUT2D eigenvalue weighted by molar-refractivity contribution is 9.09. The summed E-state index contributed by atoms with van der Waals surface area (Å²) in [5.74, 6) is -1.68. The third-order valence-corrected chi connectivity index (χ3v) is 4.12. The second-order valence-corrected chi connectivity index (χ2v) is 6.00. The summed E-state index contributed by atoms with van der Waals surface area (Å²) >= 11 is 15.4. The van der Waals surface area contributed by atoms with E-state index in [0.29, 0.717) is 10.0 Å². The van der Waals surface area contributed by atoms with Gasteiger partial charge >= 0.3 is 0 Å². The highest BCUT2D eigenvalue weighted by atomic mass is 79.9. The molecule has 0 spiro atoms. The topological polar surface area (TPSA) is 0 Å². The predicted octanol–water partition coefficient (Wildman–Crippen LogP) is 5.95. The van der Waals surface area contributed by atoms with Crippen LogP contribution < -0.4 is 0 Å². The zero-order chi connectivity index (χ0) is 14.0. The summed E-state index contributed by atoms with van der Waals surface area (Å²) in [4.78, 5) is -0.241. The monoisotopic (exact) mass is 364 g/mol. The second kappa shape index (κ2) is 6.21. The number of hydrogen-bond acceptors (Lipinski definition) is 0. The average Bonchev–Trinajstić information content (AvgIpc) is 2.38. The molecule has 100 valence electrons. The predicted molar refractivity (Wildman–Crippen MR) is 78.2 cm³/mol. The fraction of sp³-hybridized carbons (Fsp3) is 0.143. The SMILES string of the molecule is Fc1cccc(CC(Br)c2cc(Cl)ccc2Cl)c1F. The van der Waals surface area contributed by atoms with Crippen molar-refractivity contribution < 1.29 is 8.78 Å². The van der Waals surface area contributed by atoms with E-state index in [2.05, 4.69) is 15.9 Å². The summed E-state index contributed by atoms with van der Waals surface area (Å²) in [7, 11) is 0. The Balaban J connectivity index is 2.28. The smallest absolute Gasteiger partial charge is 0.162 e. The molecule has 0 heterocycles. The van der Waals surface area contributed by atoms with Gasteiger partial charge in [0.1, 0.15) is 0 Å². The molecule has 0 aliphatic heterocycles. The highest BCUT2D eigenvalue weighted by Gasteiger charge is 2.16. The molecule has 0 aromatic heterocycles. The molecule has 2 aromatic carbocycles. The van der Waals surface area contributed by atoms with E-state index in [1.54, 1.807) is 24.3 Å². The first-order valence-electron chi connectivity index (χ1n) is 5.51. The van der Waals surface area contributed by atoms with Crippen molar-refractivity contribution in [3.8, 4) is 0 Å². The van der Waals surface area contributed by atoms with Crippen LogP contribution in [0.4, 0.5) is 8.78 Å². The van der Waals surface area contributed by atoms with Gasteiger partial charge in [-0.1, -0.05) is 51.3 Å². The molecule has 2 aromatic rings. The van der Waals surface area contributed by atoms with Crippen molar-refractivity contribution in [2.75, 3.05) is 0 Å². The summed E-state index contributed by atoms with van der Waals surface area (Å²) in [5, 5.41) is 1.08. The van der Waals surface area contributed by atoms with Gasteiger partial charge in [-0.15, -0.1) is 0 Å². The van der Waals surface area contributed by atoms with Crippen LogP contribution in [-0.4, -0.2) is 0 Å². The first kappa shape index (κ1) is 14.8. The normalized spacial score (nSPS) is 12.5. The highest BCUT2D eigenvalue weighted by Crippen LogP contribution is 2.34. The van der Waals surface area contributed by atoms with Crippen LogP contribution in [0.1, 0.15) is 16.0 Å². The van der Waals surface area contributed by atoms with Crippen molar-refractivity contribution >= 4 is 39.1 Å². The molecular weight excluding hydrogens is 357 g/mol. The third kappa shape index (κ3) is 3.47. The van der Waals surface area contributed by atoms with E-state index in [9.17, 15) is 8.78 Å². The van der Waals surface area contributed by atoms with Crippen molar-refractivity contribution in [3.05, 3.63) is 69.2 Å². The Morgan fingerprint density at radius 1 is 1.11 bits per heavy atom. The quantitative estimate of drug-likeness (QED) is 0.589. The van der Waals surface area contributed by atoms with Crippen LogP contribution in [0.25, 0.3) is 0 Å². The molecule has 19 heavy (non-hydrogen) atoms. The lowest BCUT2D eigenvalue weighted by Crippen LogP contribution is -2.00. The molecule has 0 bridgehead atoms. The number of alkyl halides is 1. The molecule has 0 amide bonds. The average molecular weight is 366 g/mol. The molecule has 0 N–H and O–H groups in total. The van der Waals surface area contributed by atoms with Crippen molar-refractivity contribution in [1.82, 2.24) is 0 Å². The van der Waals surface area contributed by atoms with E-state index >= 15 is 0 Å². The van der Waals surface area contributed by atoms with E-state index in [4.69, 9.17) is 23.2 Å². The Kier molecular flexibility index (Phi) is 4.82. The minimum atomic E-state index is -0.852. The standard InChI is InChI=1S/C14H9BrCl2F2/c15-11(10-7-9(16)4-5-12(10)17)6-8-2-1-3-13(18)14(8)19/h1-5,7,11H,6H2. The molecule has 0 saturated heterocycles. The maximum absolute atomic E-state index is 13.6. The van der Waals surface area contributed by atoms with E-state index in [1.807, 2.05) is 0 Å². The second-order valence-electron chi connectivity index (χ2n) is 4.05. The van der Waals surface area contributed by atoms with Crippen molar-refractivity contribution in [1.29, 1.82) is 0 Å². The first-order chi connectivity index (χ1) is 8.99. The van der Waals surface area contributed by atoms with Gasteiger partial charge < -0.3 is 0 Å². The summed E-state index contributed by atoms with van der Waals surface area (Å²) in [6.07, 6.45) is 0.281. The molecule has 2 rings (SSSR count). The fourth-order valence-electron chi connectivity index (χ4n) is 1.76. The molecule has 0 aliphatic carbocycles. The molecule has 0 fully saturated rings. The Morgan fingerprint density at radius 3 is 2.58 bits per heavy atom. The lowest BCUT2D eigenvalue weighted by Gasteiger charge is -2.13. The molecular formula is C14H9BrCl2F2. The van der Waals surface area contributed by atoms with Gasteiger partial charge in [0.2, 0.25) is 0 Å². The Hall–Kier alpha value is -0.640.